The molecule has 0 bridgehead atoms. The second kappa shape index (κ2) is 3.94. The second-order valence-electron chi connectivity index (χ2n) is 4.79. The molecule has 1 fully saturated rings. The number of imidazole rings is 1. The first-order valence-electron chi connectivity index (χ1n) is 5.48. The van der Waals surface area contributed by atoms with Crippen LogP contribution in [0, 0.1) is 0 Å². The van der Waals surface area contributed by atoms with Crippen molar-refractivity contribution in [2.75, 3.05) is 6.61 Å². The van der Waals surface area contributed by atoms with Crippen molar-refractivity contribution in [2.24, 2.45) is 5.73 Å². The monoisotopic (exact) mass is 209 g/mol. The highest BCUT2D eigenvalue weighted by Crippen LogP contribution is 2.19. The summed E-state index contributed by atoms with van der Waals surface area (Å²) in [5.74, 6) is 0. The van der Waals surface area contributed by atoms with E-state index in [9.17, 15) is 0 Å². The second-order valence-corrected chi connectivity index (χ2v) is 4.79. The molecule has 1 aromatic heterocycles. The van der Waals surface area contributed by atoms with Gasteiger partial charge in [-0.1, -0.05) is 0 Å². The van der Waals surface area contributed by atoms with Gasteiger partial charge in [0.15, 0.2) is 0 Å². The van der Waals surface area contributed by atoms with Crippen molar-refractivity contribution in [3.63, 3.8) is 0 Å². The Hall–Kier alpha value is -0.870. The lowest BCUT2D eigenvalue weighted by Crippen LogP contribution is -2.32. The van der Waals surface area contributed by atoms with Crippen molar-refractivity contribution in [1.29, 1.82) is 0 Å². The van der Waals surface area contributed by atoms with Crippen molar-refractivity contribution in [1.82, 2.24) is 9.55 Å². The number of nitrogens with zero attached hydrogens (tertiary/aromatic N) is 2. The lowest BCUT2D eigenvalue weighted by molar-refractivity contribution is 0.0956. The molecule has 0 spiro atoms. The molecule has 2 rings (SSSR count). The molecule has 0 radical (unpaired) electrons. The normalized spacial score (nSPS) is 22.2. The van der Waals surface area contributed by atoms with Crippen molar-refractivity contribution in [3.8, 4) is 0 Å². The number of hydrogen-bond donors (Lipinski definition) is 1. The molecule has 0 aliphatic carbocycles. The molecular formula is C11H19N3O. The van der Waals surface area contributed by atoms with Crippen LogP contribution in [0.1, 0.15) is 32.4 Å². The third-order valence-corrected chi connectivity index (χ3v) is 2.80. The highest BCUT2D eigenvalue weighted by Gasteiger charge is 2.22. The van der Waals surface area contributed by atoms with Gasteiger partial charge in [-0.15, -0.1) is 0 Å². The number of rotatable bonds is 3. The van der Waals surface area contributed by atoms with Crippen LogP contribution in [0.5, 0.6) is 0 Å². The summed E-state index contributed by atoms with van der Waals surface area (Å²) in [6.45, 7) is 5.75. The first kappa shape index (κ1) is 10.6. The average Bonchev–Trinajstić information content (AvgIpc) is 2.73. The Kier molecular flexibility index (Phi) is 2.80. The van der Waals surface area contributed by atoms with Crippen LogP contribution in [0.15, 0.2) is 12.5 Å². The number of aromatic nitrogens is 2. The van der Waals surface area contributed by atoms with E-state index >= 15 is 0 Å². The van der Waals surface area contributed by atoms with Crippen LogP contribution in [0.2, 0.25) is 0 Å². The van der Waals surface area contributed by atoms with E-state index in [1.54, 1.807) is 0 Å². The number of nitrogens with two attached hydrogens (primary N) is 1. The molecule has 0 saturated carbocycles. The minimum absolute atomic E-state index is 0.334. The molecule has 4 nitrogen and oxygen atoms in total. The molecule has 1 saturated heterocycles. The maximum absolute atomic E-state index is 6.07. The fourth-order valence-corrected chi connectivity index (χ4v) is 2.01. The SMILES string of the molecule is CC(C)(N)c1cncn1CC1CCCO1. The minimum Gasteiger partial charge on any atom is -0.376 e. The fraction of sp³-hybridized carbons (Fsp3) is 0.727. The third kappa shape index (κ3) is 2.38. The highest BCUT2D eigenvalue weighted by atomic mass is 16.5. The molecule has 2 N–H and O–H groups in total. The molecule has 0 amide bonds. The van der Waals surface area contributed by atoms with Crippen LogP contribution < -0.4 is 5.73 Å². The van der Waals surface area contributed by atoms with E-state index in [0.717, 1.165) is 25.3 Å². The van der Waals surface area contributed by atoms with Crippen LogP contribution in [0.25, 0.3) is 0 Å². The number of hydrogen-bond acceptors (Lipinski definition) is 3. The molecule has 4 heteroatoms. The van der Waals surface area contributed by atoms with E-state index in [1.807, 2.05) is 26.4 Å². The lowest BCUT2D eigenvalue weighted by atomic mass is 10.0. The van der Waals surface area contributed by atoms with Crippen molar-refractivity contribution in [2.45, 2.75) is 44.9 Å². The molecule has 1 aliphatic heterocycles. The first-order valence-corrected chi connectivity index (χ1v) is 5.48. The van der Waals surface area contributed by atoms with Crippen LogP contribution in [-0.2, 0) is 16.8 Å². The van der Waals surface area contributed by atoms with Gasteiger partial charge in [0.25, 0.3) is 0 Å². The largest absolute Gasteiger partial charge is 0.376 e. The summed E-state index contributed by atoms with van der Waals surface area (Å²) in [5.41, 5.74) is 6.80. The Labute approximate surface area is 90.4 Å². The molecular weight excluding hydrogens is 190 g/mol. The molecule has 84 valence electrons. The molecule has 1 aromatic rings. The van der Waals surface area contributed by atoms with E-state index in [0.29, 0.717) is 6.10 Å². The standard InChI is InChI=1S/C11H19N3O/c1-11(2,12)10-6-13-8-14(10)7-9-4-3-5-15-9/h6,8-9H,3-5,7,12H2,1-2H3. The topological polar surface area (TPSA) is 53.1 Å². The third-order valence-electron chi connectivity index (χ3n) is 2.80. The molecule has 1 atom stereocenters. The molecule has 1 aliphatic rings. The molecule has 2 heterocycles. The van der Waals surface area contributed by atoms with Crippen LogP contribution in [0.3, 0.4) is 0 Å². The summed E-state index contributed by atoms with van der Waals surface area (Å²) < 4.78 is 7.71. The van der Waals surface area contributed by atoms with E-state index < -0.39 is 0 Å². The van der Waals surface area contributed by atoms with E-state index in [2.05, 4.69) is 9.55 Å². The van der Waals surface area contributed by atoms with Gasteiger partial charge in [0.1, 0.15) is 0 Å². The van der Waals surface area contributed by atoms with Crippen LogP contribution in [-0.4, -0.2) is 22.3 Å². The van der Waals surface area contributed by atoms with Gasteiger partial charge in [-0.05, 0) is 26.7 Å². The maximum atomic E-state index is 6.07. The average molecular weight is 209 g/mol. The van der Waals surface area contributed by atoms with E-state index in [4.69, 9.17) is 10.5 Å². The smallest absolute Gasteiger partial charge is 0.0949 e. The Morgan fingerprint density at radius 3 is 3.07 bits per heavy atom. The van der Waals surface area contributed by atoms with Gasteiger partial charge < -0.3 is 15.0 Å². The number of ether oxygens (including phenoxy) is 1. The molecule has 1 unspecified atom stereocenters. The predicted octanol–water partition coefficient (Wildman–Crippen LogP) is 1.26. The molecule has 15 heavy (non-hydrogen) atoms. The Morgan fingerprint density at radius 1 is 1.67 bits per heavy atom. The van der Waals surface area contributed by atoms with E-state index in [1.165, 1.54) is 6.42 Å². The minimum atomic E-state index is -0.338. The van der Waals surface area contributed by atoms with Gasteiger partial charge in [-0.25, -0.2) is 4.98 Å². The summed E-state index contributed by atoms with van der Waals surface area (Å²) in [6.07, 6.45) is 6.32. The van der Waals surface area contributed by atoms with E-state index in [-0.39, 0.29) is 5.54 Å². The van der Waals surface area contributed by atoms with Crippen molar-refractivity contribution < 1.29 is 4.74 Å². The van der Waals surface area contributed by atoms with Crippen LogP contribution >= 0.6 is 0 Å². The van der Waals surface area contributed by atoms with Gasteiger partial charge in [-0.3, -0.25) is 0 Å². The Bertz CT molecular complexity index is 321. The van der Waals surface area contributed by atoms with Crippen molar-refractivity contribution in [3.05, 3.63) is 18.2 Å². The van der Waals surface area contributed by atoms with Crippen LogP contribution in [0.4, 0.5) is 0 Å². The maximum Gasteiger partial charge on any atom is 0.0949 e. The van der Waals surface area contributed by atoms with Gasteiger partial charge in [-0.2, -0.15) is 0 Å². The fourth-order valence-electron chi connectivity index (χ4n) is 2.01. The summed E-state index contributed by atoms with van der Waals surface area (Å²) in [5, 5.41) is 0. The molecule has 0 aromatic carbocycles. The zero-order valence-corrected chi connectivity index (χ0v) is 9.44. The quantitative estimate of drug-likeness (QED) is 0.815. The summed E-state index contributed by atoms with van der Waals surface area (Å²) in [7, 11) is 0. The Balaban J connectivity index is 2.11. The zero-order chi connectivity index (χ0) is 10.9. The Morgan fingerprint density at radius 2 is 2.47 bits per heavy atom. The highest BCUT2D eigenvalue weighted by molar-refractivity contribution is 5.10. The first-order chi connectivity index (χ1) is 7.07. The van der Waals surface area contributed by atoms with Gasteiger partial charge in [0, 0.05) is 12.8 Å². The summed E-state index contributed by atoms with van der Waals surface area (Å²) >= 11 is 0. The zero-order valence-electron chi connectivity index (χ0n) is 9.44. The van der Waals surface area contributed by atoms with Gasteiger partial charge in [0.2, 0.25) is 0 Å². The summed E-state index contributed by atoms with van der Waals surface area (Å²) in [6, 6.07) is 0. The van der Waals surface area contributed by atoms with Gasteiger partial charge in [0.05, 0.1) is 30.2 Å². The lowest BCUT2D eigenvalue weighted by Gasteiger charge is -2.22. The van der Waals surface area contributed by atoms with Gasteiger partial charge >= 0.3 is 0 Å². The van der Waals surface area contributed by atoms with Crippen molar-refractivity contribution >= 4 is 0 Å². The predicted molar refractivity (Wildman–Crippen MR) is 58.4 cm³/mol. The summed E-state index contributed by atoms with van der Waals surface area (Å²) in [4.78, 5) is 4.16.